The lowest BCUT2D eigenvalue weighted by Crippen LogP contribution is -2.34. The van der Waals surface area contributed by atoms with Crippen molar-refractivity contribution >= 4 is 11.9 Å². The van der Waals surface area contributed by atoms with Crippen molar-refractivity contribution in [2.75, 3.05) is 20.3 Å². The quantitative estimate of drug-likeness (QED) is 0.811. The third kappa shape index (κ3) is 6.58. The Hall–Kier alpha value is -2.88. The third-order valence-electron chi connectivity index (χ3n) is 4.60. The molecule has 1 aliphatic rings. The van der Waals surface area contributed by atoms with E-state index in [2.05, 4.69) is 21.8 Å². The lowest BCUT2D eigenvalue weighted by Gasteiger charge is -2.24. The van der Waals surface area contributed by atoms with Crippen LogP contribution >= 0.6 is 0 Å². The molecule has 0 fully saturated rings. The lowest BCUT2D eigenvalue weighted by molar-refractivity contribution is -0.192. The van der Waals surface area contributed by atoms with Gasteiger partial charge in [-0.3, -0.25) is 9.78 Å². The number of methoxy groups -OCH3 is 1. The molecule has 30 heavy (non-hydrogen) atoms. The predicted octanol–water partition coefficient (Wildman–Crippen LogP) is 3.13. The highest BCUT2D eigenvalue weighted by Crippen LogP contribution is 2.21. The van der Waals surface area contributed by atoms with Crippen LogP contribution in [0.5, 0.6) is 0 Å². The van der Waals surface area contributed by atoms with Gasteiger partial charge in [-0.1, -0.05) is 6.07 Å². The number of carbonyl (C=O) groups excluding carboxylic acids is 1. The van der Waals surface area contributed by atoms with E-state index in [1.807, 2.05) is 30.0 Å². The van der Waals surface area contributed by atoms with Gasteiger partial charge in [-0.25, -0.2) is 4.79 Å². The molecule has 3 rings (SSSR count). The van der Waals surface area contributed by atoms with Crippen molar-refractivity contribution in [2.45, 2.75) is 32.6 Å². The zero-order chi connectivity index (χ0) is 22.3. The van der Waals surface area contributed by atoms with Crippen molar-refractivity contribution in [3.63, 3.8) is 0 Å². The zero-order valence-electron chi connectivity index (χ0n) is 16.7. The second-order valence-corrected chi connectivity index (χ2v) is 7.01. The number of hydrogen-bond donors (Lipinski definition) is 1. The number of ether oxygens (including phenoxy) is 1. The summed E-state index contributed by atoms with van der Waals surface area (Å²) in [6.45, 7) is 4.98. The van der Waals surface area contributed by atoms with Gasteiger partial charge in [0.15, 0.2) is 0 Å². The van der Waals surface area contributed by atoms with Crippen LogP contribution in [-0.4, -0.2) is 57.9 Å². The molecular weight excluding hydrogens is 403 g/mol. The fourth-order valence-corrected chi connectivity index (χ4v) is 3.06. The van der Waals surface area contributed by atoms with Crippen molar-refractivity contribution in [1.82, 2.24) is 14.5 Å². The number of alkyl halides is 3. The van der Waals surface area contributed by atoms with Crippen LogP contribution in [0.1, 0.15) is 28.2 Å². The Morgan fingerprint density at radius 3 is 2.53 bits per heavy atom. The molecule has 0 bridgehead atoms. The van der Waals surface area contributed by atoms with Gasteiger partial charge in [0.25, 0.3) is 5.91 Å². The van der Waals surface area contributed by atoms with Crippen LogP contribution in [0, 0.1) is 12.8 Å². The van der Waals surface area contributed by atoms with Crippen LogP contribution < -0.4 is 0 Å². The summed E-state index contributed by atoms with van der Waals surface area (Å²) in [6.07, 6.45) is -0.303. The number of carboxylic acids is 1. The second kappa shape index (κ2) is 10.2. The highest BCUT2D eigenvalue weighted by Gasteiger charge is 2.38. The monoisotopic (exact) mass is 427 g/mol. The standard InChI is InChI=1S/C18H23N3O2.C2HF3O2/c1-14-5-6-17(19-10-14)18(22)21-12-15(7-9-23-2)11-20-8-3-4-16(20)13-21;3-2(4,5)1(6)7/h3-6,8,10,15H,7,9,11-13H2,1-2H3;(H,6,7). The fourth-order valence-electron chi connectivity index (χ4n) is 3.06. The number of carbonyl (C=O) groups is 2. The Morgan fingerprint density at radius 2 is 1.97 bits per heavy atom. The molecule has 0 spiro atoms. The molecule has 0 aromatic carbocycles. The van der Waals surface area contributed by atoms with Crippen LogP contribution in [0.15, 0.2) is 36.7 Å². The first kappa shape index (κ1) is 23.4. The molecule has 1 amide bonds. The summed E-state index contributed by atoms with van der Waals surface area (Å²) >= 11 is 0. The maximum absolute atomic E-state index is 12.8. The van der Waals surface area contributed by atoms with E-state index in [0.717, 1.165) is 25.1 Å². The number of rotatable bonds is 4. The first-order valence-corrected chi connectivity index (χ1v) is 9.26. The summed E-state index contributed by atoms with van der Waals surface area (Å²) in [4.78, 5) is 27.9. The van der Waals surface area contributed by atoms with E-state index in [9.17, 15) is 18.0 Å². The van der Waals surface area contributed by atoms with E-state index in [1.165, 1.54) is 5.69 Å². The number of aliphatic carboxylic acids is 1. The summed E-state index contributed by atoms with van der Waals surface area (Å²) in [5.74, 6) is -2.37. The summed E-state index contributed by atoms with van der Waals surface area (Å²) < 4.78 is 39.2. The normalized spacial score (nSPS) is 16.2. The van der Waals surface area contributed by atoms with Crippen molar-refractivity contribution < 1.29 is 32.6 Å². The van der Waals surface area contributed by atoms with Crippen molar-refractivity contribution in [3.05, 3.63) is 53.6 Å². The number of hydrogen-bond acceptors (Lipinski definition) is 4. The third-order valence-corrected chi connectivity index (χ3v) is 4.60. The van der Waals surface area contributed by atoms with Crippen LogP contribution in [0.4, 0.5) is 13.2 Å². The molecule has 10 heteroatoms. The molecule has 1 aliphatic heterocycles. The molecule has 2 aromatic heterocycles. The van der Waals surface area contributed by atoms with Crippen molar-refractivity contribution in [2.24, 2.45) is 5.92 Å². The van der Waals surface area contributed by atoms with Gasteiger partial charge in [0.2, 0.25) is 0 Å². The molecule has 0 radical (unpaired) electrons. The minimum Gasteiger partial charge on any atom is -0.475 e. The van der Waals surface area contributed by atoms with E-state index >= 15 is 0 Å². The average molecular weight is 427 g/mol. The van der Waals surface area contributed by atoms with Gasteiger partial charge >= 0.3 is 12.1 Å². The molecule has 1 atom stereocenters. The molecule has 0 saturated heterocycles. The van der Waals surface area contributed by atoms with Gasteiger partial charge in [0.1, 0.15) is 5.69 Å². The topological polar surface area (TPSA) is 84.7 Å². The van der Waals surface area contributed by atoms with E-state index in [0.29, 0.717) is 24.8 Å². The lowest BCUT2D eigenvalue weighted by atomic mass is 10.1. The van der Waals surface area contributed by atoms with E-state index < -0.39 is 12.1 Å². The Balaban J connectivity index is 0.000000396. The maximum atomic E-state index is 12.8. The molecule has 3 heterocycles. The Kier molecular flexibility index (Phi) is 7.99. The predicted molar refractivity (Wildman–Crippen MR) is 102 cm³/mol. The number of nitrogens with zero attached hydrogens (tertiary/aromatic N) is 3. The number of pyridine rings is 1. The molecule has 1 unspecified atom stereocenters. The summed E-state index contributed by atoms with van der Waals surface area (Å²) in [6, 6.07) is 7.87. The van der Waals surface area contributed by atoms with Crippen molar-refractivity contribution in [3.8, 4) is 0 Å². The van der Waals surface area contributed by atoms with Gasteiger partial charge in [-0.05, 0) is 43.0 Å². The fraction of sp³-hybridized carbons (Fsp3) is 0.450. The van der Waals surface area contributed by atoms with Crippen LogP contribution in [0.25, 0.3) is 0 Å². The number of aryl methyl sites for hydroxylation is 1. The number of carboxylic acid groups (broad SMARTS) is 1. The molecule has 0 aliphatic carbocycles. The van der Waals surface area contributed by atoms with Crippen LogP contribution in [0.2, 0.25) is 0 Å². The molecule has 164 valence electrons. The van der Waals surface area contributed by atoms with E-state index in [1.54, 1.807) is 13.3 Å². The Bertz CT molecular complexity index is 850. The second-order valence-electron chi connectivity index (χ2n) is 7.01. The average Bonchev–Trinajstić information content (AvgIpc) is 3.04. The highest BCUT2D eigenvalue weighted by molar-refractivity contribution is 5.92. The van der Waals surface area contributed by atoms with Gasteiger partial charge in [-0.2, -0.15) is 13.2 Å². The SMILES string of the molecule is COCCC1CN(C(=O)c2ccc(C)cn2)Cc2cccn2C1.O=C(O)C(F)(F)F. The summed E-state index contributed by atoms with van der Waals surface area (Å²) in [7, 11) is 1.72. The minimum absolute atomic E-state index is 0.00191. The zero-order valence-corrected chi connectivity index (χ0v) is 16.7. The summed E-state index contributed by atoms with van der Waals surface area (Å²) in [5, 5.41) is 7.12. The molecule has 2 aromatic rings. The summed E-state index contributed by atoms with van der Waals surface area (Å²) in [5.41, 5.74) is 2.75. The first-order valence-electron chi connectivity index (χ1n) is 9.26. The van der Waals surface area contributed by atoms with Gasteiger partial charge < -0.3 is 19.3 Å². The number of fused-ring (bicyclic) bond motifs is 1. The minimum atomic E-state index is -5.08. The van der Waals surface area contributed by atoms with E-state index in [-0.39, 0.29) is 5.91 Å². The smallest absolute Gasteiger partial charge is 0.475 e. The van der Waals surface area contributed by atoms with Gasteiger partial charge in [0, 0.05) is 44.9 Å². The molecule has 7 nitrogen and oxygen atoms in total. The van der Waals surface area contributed by atoms with Crippen LogP contribution in [-0.2, 0) is 22.6 Å². The molecule has 1 N–H and O–H groups in total. The van der Waals surface area contributed by atoms with Gasteiger partial charge in [0.05, 0.1) is 6.54 Å². The highest BCUT2D eigenvalue weighted by atomic mass is 19.4. The maximum Gasteiger partial charge on any atom is 0.490 e. The molecule has 0 saturated carbocycles. The van der Waals surface area contributed by atoms with Crippen molar-refractivity contribution in [1.29, 1.82) is 0 Å². The first-order chi connectivity index (χ1) is 14.1. The largest absolute Gasteiger partial charge is 0.490 e. The molecular formula is C20H24F3N3O4. The Morgan fingerprint density at radius 1 is 1.27 bits per heavy atom. The number of halogens is 3. The Labute approximate surface area is 172 Å². The van der Waals surface area contributed by atoms with Crippen LogP contribution in [0.3, 0.4) is 0 Å². The number of aromatic nitrogens is 2. The van der Waals surface area contributed by atoms with Gasteiger partial charge in [-0.15, -0.1) is 0 Å². The number of amides is 1. The van der Waals surface area contributed by atoms with E-state index in [4.69, 9.17) is 14.6 Å².